The van der Waals surface area contributed by atoms with Crippen molar-refractivity contribution in [3.63, 3.8) is 0 Å². The topological polar surface area (TPSA) is 63.3 Å². The third-order valence-corrected chi connectivity index (χ3v) is 2.23. The minimum Gasteiger partial charge on any atom is -0.480 e. The molecule has 0 amide bonds. The Morgan fingerprint density at radius 2 is 2.50 bits per heavy atom. The molecule has 12 heavy (non-hydrogen) atoms. The first-order valence-corrected chi connectivity index (χ1v) is 4.35. The lowest BCUT2D eigenvalue weighted by Gasteiger charge is -2.17. The number of rotatable bonds is 3. The first kappa shape index (κ1) is 9.26. The van der Waals surface area contributed by atoms with Crippen molar-refractivity contribution >= 4 is 5.97 Å². The van der Waals surface area contributed by atoms with Crippen LogP contribution in [0.2, 0.25) is 0 Å². The number of carboxylic acids is 1. The first-order chi connectivity index (χ1) is 5.70. The molecule has 0 heterocycles. The van der Waals surface area contributed by atoms with Crippen LogP contribution in [0.15, 0.2) is 12.2 Å². The van der Waals surface area contributed by atoms with Crippen molar-refractivity contribution in [3.05, 3.63) is 12.2 Å². The number of nitrogens with two attached hydrogens (primary N) is 1. The van der Waals surface area contributed by atoms with Crippen LogP contribution < -0.4 is 5.73 Å². The van der Waals surface area contributed by atoms with Crippen LogP contribution in [0.25, 0.3) is 0 Å². The summed E-state index contributed by atoms with van der Waals surface area (Å²) in [5.74, 6) is -0.515. The van der Waals surface area contributed by atoms with E-state index in [1.807, 2.05) is 0 Å². The molecule has 0 radical (unpaired) electrons. The lowest BCUT2D eigenvalue weighted by atomic mass is 9.90. The van der Waals surface area contributed by atoms with E-state index in [2.05, 4.69) is 12.2 Å². The second-order valence-corrected chi connectivity index (χ2v) is 3.30. The zero-order chi connectivity index (χ0) is 8.97. The van der Waals surface area contributed by atoms with E-state index >= 15 is 0 Å². The number of aliphatic carboxylic acids is 1. The Morgan fingerprint density at radius 1 is 1.75 bits per heavy atom. The van der Waals surface area contributed by atoms with Crippen LogP contribution >= 0.6 is 0 Å². The molecule has 0 aliphatic heterocycles. The van der Waals surface area contributed by atoms with E-state index in [0.717, 1.165) is 19.3 Å². The molecular formula is C9H15NO2. The molecular weight excluding hydrogens is 154 g/mol. The fraction of sp³-hybridized carbons (Fsp3) is 0.667. The van der Waals surface area contributed by atoms with E-state index in [1.165, 1.54) is 0 Å². The van der Waals surface area contributed by atoms with E-state index in [-0.39, 0.29) is 0 Å². The maximum absolute atomic E-state index is 10.4. The molecule has 1 aliphatic carbocycles. The maximum Gasteiger partial charge on any atom is 0.320 e. The standard InChI is InChI=1S/C9H15NO2/c10-8(9(11)12)6-7-4-2-1-3-5-7/h2,4,7-8H,1,3,5-6,10H2,(H,11,12)/t7?,8-/m0/s1. The lowest BCUT2D eigenvalue weighted by Crippen LogP contribution is -2.32. The van der Waals surface area contributed by atoms with Gasteiger partial charge in [-0.15, -0.1) is 0 Å². The molecule has 0 saturated heterocycles. The number of carbonyl (C=O) groups is 1. The van der Waals surface area contributed by atoms with Gasteiger partial charge in [0.05, 0.1) is 0 Å². The fourth-order valence-electron chi connectivity index (χ4n) is 1.51. The molecule has 3 N–H and O–H groups in total. The maximum atomic E-state index is 10.4. The third-order valence-electron chi connectivity index (χ3n) is 2.23. The highest BCUT2D eigenvalue weighted by molar-refractivity contribution is 5.73. The van der Waals surface area contributed by atoms with Crippen molar-refractivity contribution in [1.29, 1.82) is 0 Å². The Hall–Kier alpha value is -0.830. The number of allylic oxidation sites excluding steroid dienone is 2. The first-order valence-electron chi connectivity index (χ1n) is 4.35. The summed E-state index contributed by atoms with van der Waals surface area (Å²) in [5.41, 5.74) is 5.41. The molecule has 1 unspecified atom stereocenters. The van der Waals surface area contributed by atoms with Crippen LogP contribution in [-0.4, -0.2) is 17.1 Å². The van der Waals surface area contributed by atoms with E-state index in [9.17, 15) is 4.79 Å². The van der Waals surface area contributed by atoms with Crippen molar-refractivity contribution in [2.75, 3.05) is 0 Å². The van der Waals surface area contributed by atoms with Gasteiger partial charge in [0.25, 0.3) is 0 Å². The Morgan fingerprint density at radius 3 is 3.00 bits per heavy atom. The fourth-order valence-corrected chi connectivity index (χ4v) is 1.51. The molecule has 3 nitrogen and oxygen atoms in total. The molecule has 0 aromatic carbocycles. The van der Waals surface area contributed by atoms with Gasteiger partial charge in [-0.3, -0.25) is 4.79 Å². The molecule has 1 rings (SSSR count). The van der Waals surface area contributed by atoms with Gasteiger partial charge in [0, 0.05) is 0 Å². The van der Waals surface area contributed by atoms with Crippen LogP contribution in [0.1, 0.15) is 25.7 Å². The quantitative estimate of drug-likeness (QED) is 0.623. The van der Waals surface area contributed by atoms with Crippen molar-refractivity contribution in [3.8, 4) is 0 Å². The monoisotopic (exact) mass is 169 g/mol. The molecule has 2 atom stereocenters. The molecule has 0 aromatic rings. The molecule has 0 bridgehead atoms. The Bertz CT molecular complexity index is 189. The van der Waals surface area contributed by atoms with E-state index < -0.39 is 12.0 Å². The molecule has 0 aromatic heterocycles. The average molecular weight is 169 g/mol. The minimum atomic E-state index is -0.894. The summed E-state index contributed by atoms with van der Waals surface area (Å²) < 4.78 is 0. The van der Waals surface area contributed by atoms with Gasteiger partial charge in [-0.1, -0.05) is 12.2 Å². The Kier molecular flexibility index (Phi) is 3.29. The molecule has 68 valence electrons. The summed E-state index contributed by atoms with van der Waals surface area (Å²) in [6.45, 7) is 0. The number of hydrogen-bond acceptors (Lipinski definition) is 2. The van der Waals surface area contributed by atoms with Gasteiger partial charge in [-0.05, 0) is 31.6 Å². The summed E-state index contributed by atoms with van der Waals surface area (Å²) in [5, 5.41) is 8.56. The molecule has 0 fully saturated rings. The summed E-state index contributed by atoms with van der Waals surface area (Å²) in [7, 11) is 0. The van der Waals surface area contributed by atoms with Crippen molar-refractivity contribution in [2.45, 2.75) is 31.7 Å². The predicted molar refractivity (Wildman–Crippen MR) is 46.7 cm³/mol. The van der Waals surface area contributed by atoms with Gasteiger partial charge in [-0.25, -0.2) is 0 Å². The van der Waals surface area contributed by atoms with Crippen LogP contribution in [0.5, 0.6) is 0 Å². The second-order valence-electron chi connectivity index (χ2n) is 3.30. The van der Waals surface area contributed by atoms with Gasteiger partial charge >= 0.3 is 5.97 Å². The van der Waals surface area contributed by atoms with Crippen LogP contribution in [0, 0.1) is 5.92 Å². The van der Waals surface area contributed by atoms with Gasteiger partial charge in [0.2, 0.25) is 0 Å². The average Bonchev–Trinajstić information content (AvgIpc) is 2.06. The van der Waals surface area contributed by atoms with E-state index in [0.29, 0.717) is 12.3 Å². The van der Waals surface area contributed by atoms with Crippen molar-refractivity contribution in [1.82, 2.24) is 0 Å². The summed E-state index contributed by atoms with van der Waals surface area (Å²) in [6, 6.07) is -0.697. The van der Waals surface area contributed by atoms with E-state index in [1.54, 1.807) is 0 Å². The SMILES string of the molecule is N[C@@H](CC1C=CCCC1)C(=O)O. The van der Waals surface area contributed by atoms with Gasteiger partial charge in [0.1, 0.15) is 6.04 Å². The van der Waals surface area contributed by atoms with Crippen molar-refractivity contribution in [2.24, 2.45) is 11.7 Å². The summed E-state index contributed by atoms with van der Waals surface area (Å²) in [6.07, 6.45) is 8.14. The largest absolute Gasteiger partial charge is 0.480 e. The van der Waals surface area contributed by atoms with Crippen LogP contribution in [0.4, 0.5) is 0 Å². The summed E-state index contributed by atoms with van der Waals surface area (Å²) >= 11 is 0. The van der Waals surface area contributed by atoms with Gasteiger partial charge in [-0.2, -0.15) is 0 Å². The normalized spacial score (nSPS) is 25.2. The highest BCUT2D eigenvalue weighted by Gasteiger charge is 2.17. The number of hydrogen-bond donors (Lipinski definition) is 2. The third kappa shape index (κ3) is 2.66. The van der Waals surface area contributed by atoms with Gasteiger partial charge < -0.3 is 10.8 Å². The zero-order valence-electron chi connectivity index (χ0n) is 7.07. The molecule has 0 spiro atoms. The van der Waals surface area contributed by atoms with Crippen LogP contribution in [-0.2, 0) is 4.79 Å². The smallest absolute Gasteiger partial charge is 0.320 e. The molecule has 1 aliphatic rings. The zero-order valence-corrected chi connectivity index (χ0v) is 7.07. The second kappa shape index (κ2) is 4.26. The van der Waals surface area contributed by atoms with E-state index in [4.69, 9.17) is 10.8 Å². The number of carboxylic acid groups (broad SMARTS) is 1. The van der Waals surface area contributed by atoms with Gasteiger partial charge in [0.15, 0.2) is 0 Å². The molecule has 0 saturated carbocycles. The van der Waals surface area contributed by atoms with Crippen molar-refractivity contribution < 1.29 is 9.90 Å². The lowest BCUT2D eigenvalue weighted by molar-refractivity contribution is -0.138. The Labute approximate surface area is 72.3 Å². The highest BCUT2D eigenvalue weighted by atomic mass is 16.4. The van der Waals surface area contributed by atoms with Crippen LogP contribution in [0.3, 0.4) is 0 Å². The predicted octanol–water partition coefficient (Wildman–Crippen LogP) is 1.14. The molecule has 3 heteroatoms. The summed E-state index contributed by atoms with van der Waals surface area (Å²) in [4.78, 5) is 10.4. The minimum absolute atomic E-state index is 0.379. The Balaban J connectivity index is 2.34. The highest BCUT2D eigenvalue weighted by Crippen LogP contribution is 2.20.